The van der Waals surface area contributed by atoms with Gasteiger partial charge in [0.15, 0.2) is 0 Å². The van der Waals surface area contributed by atoms with Gasteiger partial charge in [-0.05, 0) is 67.8 Å². The van der Waals surface area contributed by atoms with Gasteiger partial charge < -0.3 is 10.4 Å². The van der Waals surface area contributed by atoms with Gasteiger partial charge in [-0.2, -0.15) is 0 Å². The molecule has 1 aliphatic carbocycles. The molecule has 2 nitrogen and oxygen atoms in total. The van der Waals surface area contributed by atoms with Crippen molar-refractivity contribution in [3.63, 3.8) is 0 Å². The van der Waals surface area contributed by atoms with Gasteiger partial charge in [-0.25, -0.2) is 0 Å². The van der Waals surface area contributed by atoms with Crippen molar-refractivity contribution in [2.45, 2.75) is 51.0 Å². The minimum absolute atomic E-state index is 0.512. The van der Waals surface area contributed by atoms with Crippen LogP contribution in [0.1, 0.15) is 42.4 Å². The molecule has 2 heteroatoms. The van der Waals surface area contributed by atoms with E-state index in [0.717, 1.165) is 24.9 Å². The smallest absolute Gasteiger partial charge is 0.119 e. The van der Waals surface area contributed by atoms with Gasteiger partial charge in [0.2, 0.25) is 0 Å². The second-order valence-corrected chi connectivity index (χ2v) is 5.45. The molecule has 2 aliphatic rings. The first-order valence-electron chi connectivity index (χ1n) is 6.90. The third-order valence-corrected chi connectivity index (χ3v) is 4.17. The van der Waals surface area contributed by atoms with Crippen LogP contribution >= 0.6 is 0 Å². The summed E-state index contributed by atoms with van der Waals surface area (Å²) in [4.78, 5) is 0. The SMILES string of the molecule is Oc1cc2c(cc1CC1CCCCN1)CCC2. The highest BCUT2D eigenvalue weighted by molar-refractivity contribution is 5.44. The normalized spacial score (nSPS) is 23.6. The van der Waals surface area contributed by atoms with Crippen LogP contribution in [0.4, 0.5) is 0 Å². The second-order valence-electron chi connectivity index (χ2n) is 5.45. The molecule has 2 N–H and O–H groups in total. The summed E-state index contributed by atoms with van der Waals surface area (Å²) in [5.74, 6) is 0.512. The number of hydrogen-bond donors (Lipinski definition) is 2. The van der Waals surface area contributed by atoms with Crippen molar-refractivity contribution in [3.05, 3.63) is 28.8 Å². The number of phenols is 1. The minimum Gasteiger partial charge on any atom is -0.508 e. The lowest BCUT2D eigenvalue weighted by molar-refractivity contribution is 0.391. The summed E-state index contributed by atoms with van der Waals surface area (Å²) in [7, 11) is 0. The second kappa shape index (κ2) is 4.69. The Kier molecular flexibility index (Phi) is 3.06. The molecule has 92 valence electrons. The fraction of sp³-hybridized carbons (Fsp3) is 0.600. The van der Waals surface area contributed by atoms with Crippen molar-refractivity contribution < 1.29 is 5.11 Å². The Bertz CT molecular complexity index is 408. The highest BCUT2D eigenvalue weighted by Gasteiger charge is 2.18. The zero-order valence-electron chi connectivity index (χ0n) is 10.3. The molecule has 1 aromatic rings. The summed E-state index contributed by atoms with van der Waals surface area (Å²) in [5, 5.41) is 13.6. The van der Waals surface area contributed by atoms with Crippen LogP contribution in [0.25, 0.3) is 0 Å². The highest BCUT2D eigenvalue weighted by atomic mass is 16.3. The lowest BCUT2D eigenvalue weighted by Gasteiger charge is -2.24. The molecule has 1 aliphatic heterocycles. The molecule has 1 aromatic carbocycles. The number of fused-ring (bicyclic) bond motifs is 1. The molecule has 0 radical (unpaired) electrons. The number of benzene rings is 1. The summed E-state index contributed by atoms with van der Waals surface area (Å²) >= 11 is 0. The first-order valence-corrected chi connectivity index (χ1v) is 6.90. The maximum atomic E-state index is 10.1. The zero-order valence-corrected chi connectivity index (χ0v) is 10.3. The molecule has 1 fully saturated rings. The third-order valence-electron chi connectivity index (χ3n) is 4.17. The number of piperidine rings is 1. The highest BCUT2D eigenvalue weighted by Crippen LogP contribution is 2.30. The molecule has 0 spiro atoms. The number of hydrogen-bond acceptors (Lipinski definition) is 2. The van der Waals surface area contributed by atoms with E-state index in [1.807, 2.05) is 6.07 Å². The van der Waals surface area contributed by atoms with Crippen LogP contribution < -0.4 is 5.32 Å². The van der Waals surface area contributed by atoms with Gasteiger partial charge in [0.1, 0.15) is 5.75 Å². The van der Waals surface area contributed by atoms with Crippen LogP contribution in [-0.2, 0) is 19.3 Å². The van der Waals surface area contributed by atoms with Crippen molar-refractivity contribution in [3.8, 4) is 5.75 Å². The summed E-state index contributed by atoms with van der Waals surface area (Å²) < 4.78 is 0. The van der Waals surface area contributed by atoms with Gasteiger partial charge in [-0.3, -0.25) is 0 Å². The van der Waals surface area contributed by atoms with E-state index in [1.165, 1.54) is 43.2 Å². The fourth-order valence-electron chi connectivity index (χ4n) is 3.19. The summed E-state index contributed by atoms with van der Waals surface area (Å²) in [6, 6.07) is 4.81. The predicted octanol–water partition coefficient (Wildman–Crippen LogP) is 2.57. The number of rotatable bonds is 2. The lowest BCUT2D eigenvalue weighted by atomic mass is 9.95. The van der Waals surface area contributed by atoms with Crippen molar-refractivity contribution in [1.82, 2.24) is 5.32 Å². The lowest BCUT2D eigenvalue weighted by Crippen LogP contribution is -2.35. The van der Waals surface area contributed by atoms with Crippen molar-refractivity contribution in [1.29, 1.82) is 0 Å². The summed E-state index contributed by atoms with van der Waals surface area (Å²) in [5.41, 5.74) is 3.97. The Morgan fingerprint density at radius 1 is 1.12 bits per heavy atom. The first-order chi connectivity index (χ1) is 8.33. The Morgan fingerprint density at radius 3 is 2.71 bits per heavy atom. The molecule has 1 saturated heterocycles. The average molecular weight is 231 g/mol. The number of aryl methyl sites for hydroxylation is 2. The van der Waals surface area contributed by atoms with E-state index in [4.69, 9.17) is 0 Å². The minimum atomic E-state index is 0.512. The molecule has 1 heterocycles. The van der Waals surface area contributed by atoms with E-state index < -0.39 is 0 Å². The van der Waals surface area contributed by atoms with Crippen LogP contribution in [0.15, 0.2) is 12.1 Å². The van der Waals surface area contributed by atoms with E-state index in [9.17, 15) is 5.11 Å². The van der Waals surface area contributed by atoms with Crippen molar-refractivity contribution >= 4 is 0 Å². The van der Waals surface area contributed by atoms with E-state index >= 15 is 0 Å². The number of aromatic hydroxyl groups is 1. The Labute approximate surface area is 103 Å². The molecule has 0 amide bonds. The fourth-order valence-corrected chi connectivity index (χ4v) is 3.19. The van der Waals surface area contributed by atoms with E-state index in [-0.39, 0.29) is 0 Å². The van der Waals surface area contributed by atoms with Gasteiger partial charge in [0.05, 0.1) is 0 Å². The summed E-state index contributed by atoms with van der Waals surface area (Å²) in [6.45, 7) is 1.14. The van der Waals surface area contributed by atoms with Crippen LogP contribution in [0.5, 0.6) is 5.75 Å². The van der Waals surface area contributed by atoms with Gasteiger partial charge in [0.25, 0.3) is 0 Å². The molecular formula is C15H21NO. The monoisotopic (exact) mass is 231 g/mol. The van der Waals surface area contributed by atoms with E-state index in [0.29, 0.717) is 11.8 Å². The molecule has 0 saturated carbocycles. The number of phenolic OH excluding ortho intramolecular Hbond substituents is 1. The van der Waals surface area contributed by atoms with Gasteiger partial charge in [0, 0.05) is 6.04 Å². The Balaban J connectivity index is 1.78. The quantitative estimate of drug-likeness (QED) is 0.820. The largest absolute Gasteiger partial charge is 0.508 e. The molecule has 0 aromatic heterocycles. The molecule has 17 heavy (non-hydrogen) atoms. The zero-order chi connectivity index (χ0) is 11.7. The average Bonchev–Trinajstić information content (AvgIpc) is 2.78. The van der Waals surface area contributed by atoms with Gasteiger partial charge in [-0.1, -0.05) is 12.5 Å². The Morgan fingerprint density at radius 2 is 1.94 bits per heavy atom. The van der Waals surface area contributed by atoms with Gasteiger partial charge >= 0.3 is 0 Å². The van der Waals surface area contributed by atoms with Gasteiger partial charge in [-0.15, -0.1) is 0 Å². The first kappa shape index (κ1) is 11.1. The van der Waals surface area contributed by atoms with E-state index in [1.54, 1.807) is 0 Å². The van der Waals surface area contributed by atoms with E-state index in [2.05, 4.69) is 11.4 Å². The third kappa shape index (κ3) is 2.32. The standard InChI is InChI=1S/C15H21NO/c17-15-10-12-5-3-4-11(12)8-13(15)9-14-6-1-2-7-16-14/h8,10,14,16-17H,1-7,9H2. The maximum absolute atomic E-state index is 10.1. The van der Waals surface area contributed by atoms with Crippen LogP contribution in [0, 0.1) is 0 Å². The Hall–Kier alpha value is -1.02. The van der Waals surface area contributed by atoms with Crippen molar-refractivity contribution in [2.75, 3.05) is 6.54 Å². The van der Waals surface area contributed by atoms with Crippen LogP contribution in [0.2, 0.25) is 0 Å². The molecule has 0 bridgehead atoms. The summed E-state index contributed by atoms with van der Waals surface area (Å²) in [6.07, 6.45) is 8.44. The predicted molar refractivity (Wildman–Crippen MR) is 69.5 cm³/mol. The van der Waals surface area contributed by atoms with Crippen molar-refractivity contribution in [2.24, 2.45) is 0 Å². The molecule has 1 atom stereocenters. The maximum Gasteiger partial charge on any atom is 0.119 e. The number of nitrogens with one attached hydrogen (secondary N) is 1. The molecular weight excluding hydrogens is 210 g/mol. The van der Waals surface area contributed by atoms with Crippen LogP contribution in [-0.4, -0.2) is 17.7 Å². The topological polar surface area (TPSA) is 32.3 Å². The molecule has 3 rings (SSSR count). The van der Waals surface area contributed by atoms with Crippen LogP contribution in [0.3, 0.4) is 0 Å². The molecule has 1 unspecified atom stereocenters.